The van der Waals surface area contributed by atoms with Crippen molar-refractivity contribution in [3.63, 3.8) is 0 Å². The number of carbonyl (C=O) groups excluding carboxylic acids is 1. The zero-order valence-electron chi connectivity index (χ0n) is 16.4. The van der Waals surface area contributed by atoms with Crippen LogP contribution in [0.1, 0.15) is 58.6 Å². The Bertz CT molecular complexity index is 545. The lowest BCUT2D eigenvalue weighted by molar-refractivity contribution is -0.137. The molecule has 0 aliphatic heterocycles. The maximum atomic E-state index is 12.7. The highest BCUT2D eigenvalue weighted by atomic mass is 16.5. The summed E-state index contributed by atoms with van der Waals surface area (Å²) >= 11 is 0. The molecule has 0 unspecified atom stereocenters. The van der Waals surface area contributed by atoms with Gasteiger partial charge in [-0.15, -0.1) is 0 Å². The first-order valence-corrected chi connectivity index (χ1v) is 8.77. The molecule has 0 radical (unpaired) electrons. The first-order valence-electron chi connectivity index (χ1n) is 8.77. The van der Waals surface area contributed by atoms with Crippen LogP contribution in [0, 0.1) is 19.8 Å². The zero-order valence-corrected chi connectivity index (χ0v) is 16.4. The van der Waals surface area contributed by atoms with E-state index < -0.39 is 5.60 Å². The topological polar surface area (TPSA) is 47.6 Å². The van der Waals surface area contributed by atoms with Crippen LogP contribution in [0.5, 0.6) is 5.75 Å². The van der Waals surface area contributed by atoms with Gasteiger partial charge in [0.25, 0.3) is 5.91 Å². The maximum absolute atomic E-state index is 12.7. The van der Waals surface area contributed by atoms with E-state index in [0.29, 0.717) is 12.3 Å². The van der Waals surface area contributed by atoms with Crippen LogP contribution in [0.15, 0.2) is 12.1 Å². The minimum atomic E-state index is -0.831. The lowest BCUT2D eigenvalue weighted by Gasteiger charge is -2.29. The third-order valence-corrected chi connectivity index (χ3v) is 4.34. The second kappa shape index (κ2) is 8.52. The second-order valence-electron chi connectivity index (χ2n) is 7.26. The van der Waals surface area contributed by atoms with Crippen LogP contribution in [-0.2, 0) is 9.53 Å². The van der Waals surface area contributed by atoms with Crippen molar-refractivity contribution in [2.45, 2.75) is 73.0 Å². The average molecular weight is 335 g/mol. The fourth-order valence-electron chi connectivity index (χ4n) is 2.80. The second-order valence-corrected chi connectivity index (χ2v) is 7.26. The van der Waals surface area contributed by atoms with Crippen LogP contribution < -0.4 is 10.1 Å². The normalized spacial score (nSPS) is 15.0. The lowest BCUT2D eigenvalue weighted by atomic mass is 9.93. The third kappa shape index (κ3) is 5.23. The van der Waals surface area contributed by atoms with E-state index in [0.717, 1.165) is 29.0 Å². The molecular formula is C20H33NO3. The number of benzene rings is 1. The van der Waals surface area contributed by atoms with Crippen LogP contribution in [0.4, 0.5) is 5.69 Å². The molecule has 4 nitrogen and oxygen atoms in total. The molecule has 1 N–H and O–H groups in total. The van der Waals surface area contributed by atoms with E-state index in [1.165, 1.54) is 0 Å². The molecule has 0 fully saturated rings. The van der Waals surface area contributed by atoms with Crippen molar-refractivity contribution in [1.82, 2.24) is 0 Å². The van der Waals surface area contributed by atoms with Crippen molar-refractivity contribution >= 4 is 11.6 Å². The van der Waals surface area contributed by atoms with Gasteiger partial charge in [0.05, 0.1) is 6.10 Å². The Kier molecular flexibility index (Phi) is 7.27. The molecule has 24 heavy (non-hydrogen) atoms. The molecule has 0 aliphatic carbocycles. The van der Waals surface area contributed by atoms with Gasteiger partial charge in [-0.05, 0) is 69.7 Å². The molecule has 1 aromatic rings. The van der Waals surface area contributed by atoms with Crippen LogP contribution >= 0.6 is 0 Å². The first-order chi connectivity index (χ1) is 11.1. The summed E-state index contributed by atoms with van der Waals surface area (Å²) in [7, 11) is 1.58. The number of anilines is 1. The van der Waals surface area contributed by atoms with E-state index in [1.807, 2.05) is 32.9 Å². The molecule has 0 spiro atoms. The summed E-state index contributed by atoms with van der Waals surface area (Å²) in [6, 6.07) is 3.90. The molecule has 1 aromatic carbocycles. The Morgan fingerprint density at radius 2 is 1.75 bits per heavy atom. The van der Waals surface area contributed by atoms with E-state index in [4.69, 9.17) is 9.47 Å². The van der Waals surface area contributed by atoms with Crippen LogP contribution in [-0.4, -0.2) is 24.7 Å². The standard InChI is InChI=1S/C20H33NO3/c1-9-16(6)24-18-14(4)10-17(11-15(18)5)21-19(22)20(7,23-8)12-13(2)3/h10-11,13,16H,9,12H2,1-8H3,(H,21,22)/t16-,20-/m0/s1. The number of amides is 1. The van der Waals surface area contributed by atoms with E-state index in [1.54, 1.807) is 7.11 Å². The number of rotatable bonds is 8. The monoisotopic (exact) mass is 335 g/mol. The molecule has 0 aromatic heterocycles. The van der Waals surface area contributed by atoms with E-state index in [9.17, 15) is 4.79 Å². The Morgan fingerprint density at radius 1 is 1.21 bits per heavy atom. The summed E-state index contributed by atoms with van der Waals surface area (Å²) in [5, 5.41) is 3.00. The zero-order chi connectivity index (χ0) is 18.5. The molecule has 1 amide bonds. The number of nitrogens with one attached hydrogen (secondary N) is 1. The number of carbonyl (C=O) groups is 1. The number of methoxy groups -OCH3 is 1. The van der Waals surface area contributed by atoms with Crippen molar-refractivity contribution in [3.8, 4) is 5.75 Å². The highest BCUT2D eigenvalue weighted by molar-refractivity contribution is 5.97. The summed E-state index contributed by atoms with van der Waals surface area (Å²) in [5.74, 6) is 1.16. The molecular weight excluding hydrogens is 302 g/mol. The summed E-state index contributed by atoms with van der Waals surface area (Å²) in [6.45, 7) is 14.2. The SMILES string of the molecule is CC[C@H](C)Oc1c(C)cc(NC(=O)[C@](C)(CC(C)C)OC)cc1C. The number of aryl methyl sites for hydroxylation is 2. The minimum Gasteiger partial charge on any atom is -0.490 e. The fourth-order valence-corrected chi connectivity index (χ4v) is 2.80. The van der Waals surface area contributed by atoms with Gasteiger partial charge >= 0.3 is 0 Å². The Balaban J connectivity index is 2.98. The molecule has 0 aliphatic rings. The summed E-state index contributed by atoms with van der Waals surface area (Å²) in [5.41, 5.74) is 1.99. The van der Waals surface area contributed by atoms with Gasteiger partial charge in [0.1, 0.15) is 11.4 Å². The van der Waals surface area contributed by atoms with E-state index in [-0.39, 0.29) is 12.0 Å². The third-order valence-electron chi connectivity index (χ3n) is 4.34. The Labute approximate surface area is 146 Å². The van der Waals surface area contributed by atoms with Gasteiger partial charge in [-0.2, -0.15) is 0 Å². The fraction of sp³-hybridized carbons (Fsp3) is 0.650. The molecule has 0 saturated carbocycles. The summed E-state index contributed by atoms with van der Waals surface area (Å²) in [4.78, 5) is 12.7. The van der Waals surface area contributed by atoms with Gasteiger partial charge in [0.2, 0.25) is 0 Å². The molecule has 4 heteroatoms. The van der Waals surface area contributed by atoms with Gasteiger partial charge in [-0.3, -0.25) is 4.79 Å². The molecule has 0 bridgehead atoms. The highest BCUT2D eigenvalue weighted by Crippen LogP contribution is 2.30. The predicted octanol–water partition coefficient (Wildman–Crippen LogP) is 4.87. The Hall–Kier alpha value is -1.55. The lowest BCUT2D eigenvalue weighted by Crippen LogP contribution is -2.43. The molecule has 2 atom stereocenters. The largest absolute Gasteiger partial charge is 0.490 e. The molecule has 0 saturated heterocycles. The van der Waals surface area contributed by atoms with Gasteiger partial charge in [-0.1, -0.05) is 20.8 Å². The van der Waals surface area contributed by atoms with E-state index in [2.05, 4.69) is 33.0 Å². The average Bonchev–Trinajstić information content (AvgIpc) is 2.49. The van der Waals surface area contributed by atoms with Crippen molar-refractivity contribution in [3.05, 3.63) is 23.3 Å². The number of hydrogen-bond donors (Lipinski definition) is 1. The quantitative estimate of drug-likeness (QED) is 0.737. The minimum absolute atomic E-state index is 0.118. The predicted molar refractivity (Wildman–Crippen MR) is 99.8 cm³/mol. The van der Waals surface area contributed by atoms with Crippen molar-refractivity contribution < 1.29 is 14.3 Å². The van der Waals surface area contributed by atoms with Crippen LogP contribution in [0.3, 0.4) is 0 Å². The smallest absolute Gasteiger partial charge is 0.256 e. The Morgan fingerprint density at radius 3 is 2.17 bits per heavy atom. The maximum Gasteiger partial charge on any atom is 0.256 e. The van der Waals surface area contributed by atoms with Crippen LogP contribution in [0.2, 0.25) is 0 Å². The molecule has 0 heterocycles. The summed E-state index contributed by atoms with van der Waals surface area (Å²) < 4.78 is 11.5. The number of ether oxygens (including phenoxy) is 2. The number of hydrogen-bond acceptors (Lipinski definition) is 3. The van der Waals surface area contributed by atoms with E-state index >= 15 is 0 Å². The molecule has 136 valence electrons. The van der Waals surface area contributed by atoms with Gasteiger partial charge < -0.3 is 14.8 Å². The first kappa shape index (κ1) is 20.5. The van der Waals surface area contributed by atoms with Crippen molar-refractivity contribution in [2.24, 2.45) is 5.92 Å². The van der Waals surface area contributed by atoms with Crippen molar-refractivity contribution in [1.29, 1.82) is 0 Å². The van der Waals surface area contributed by atoms with Crippen LogP contribution in [0.25, 0.3) is 0 Å². The van der Waals surface area contributed by atoms with Gasteiger partial charge in [-0.25, -0.2) is 0 Å². The summed E-state index contributed by atoms with van der Waals surface area (Å²) in [6.07, 6.45) is 1.80. The molecule has 1 rings (SSSR count). The van der Waals surface area contributed by atoms with Crippen molar-refractivity contribution in [2.75, 3.05) is 12.4 Å². The highest BCUT2D eigenvalue weighted by Gasteiger charge is 2.34. The van der Waals surface area contributed by atoms with Gasteiger partial charge in [0, 0.05) is 12.8 Å². The van der Waals surface area contributed by atoms with Gasteiger partial charge in [0.15, 0.2) is 0 Å².